The van der Waals surface area contributed by atoms with Gasteiger partial charge in [0.2, 0.25) is 11.8 Å². The van der Waals surface area contributed by atoms with Gasteiger partial charge < -0.3 is 20.9 Å². The molecule has 1 aromatic heterocycles. The SMILES string of the molecule is N#CC(CC1CC2(CC2)NC1=O)NC(=O)C(CC1CC1)NC(=O)c1cc2ccc(F)c(F)c2[nH]1. The Morgan fingerprint density at radius 1 is 1.21 bits per heavy atom. The lowest BCUT2D eigenvalue weighted by molar-refractivity contribution is -0.125. The minimum atomic E-state index is -1.08. The van der Waals surface area contributed by atoms with Gasteiger partial charge in [-0.2, -0.15) is 5.26 Å². The van der Waals surface area contributed by atoms with Gasteiger partial charge in [0.05, 0.1) is 11.6 Å². The Kier molecular flexibility index (Phi) is 5.50. The van der Waals surface area contributed by atoms with Crippen molar-refractivity contribution >= 4 is 28.6 Å². The summed E-state index contributed by atoms with van der Waals surface area (Å²) in [7, 11) is 0. The molecule has 0 radical (unpaired) electrons. The minimum absolute atomic E-state index is 0.00212. The van der Waals surface area contributed by atoms with E-state index in [1.807, 2.05) is 0 Å². The van der Waals surface area contributed by atoms with Gasteiger partial charge in [0.1, 0.15) is 17.8 Å². The summed E-state index contributed by atoms with van der Waals surface area (Å²) < 4.78 is 27.5. The average Bonchev–Trinajstić information content (AvgIpc) is 3.70. The molecule has 3 fully saturated rings. The number of carbonyl (C=O) groups is 3. The number of H-pyrrole nitrogens is 1. The summed E-state index contributed by atoms with van der Waals surface area (Å²) in [5, 5.41) is 18.2. The van der Waals surface area contributed by atoms with Crippen molar-refractivity contribution < 1.29 is 23.2 Å². The van der Waals surface area contributed by atoms with E-state index < -0.39 is 35.5 Å². The van der Waals surface area contributed by atoms with Gasteiger partial charge in [-0.3, -0.25) is 14.4 Å². The van der Waals surface area contributed by atoms with Gasteiger partial charge in [0.15, 0.2) is 11.6 Å². The molecule has 1 aromatic carbocycles. The molecule has 2 heterocycles. The number of nitriles is 1. The molecule has 5 rings (SSSR count). The van der Waals surface area contributed by atoms with Crippen LogP contribution in [0.4, 0.5) is 8.78 Å². The van der Waals surface area contributed by atoms with Crippen LogP contribution in [0.5, 0.6) is 0 Å². The van der Waals surface area contributed by atoms with Gasteiger partial charge in [0.25, 0.3) is 5.91 Å². The van der Waals surface area contributed by atoms with Crippen LogP contribution in [0.25, 0.3) is 10.9 Å². The lowest BCUT2D eigenvalue weighted by atomic mass is 9.95. The molecule has 2 aromatic rings. The van der Waals surface area contributed by atoms with E-state index in [0.717, 1.165) is 31.7 Å². The first-order chi connectivity index (χ1) is 16.3. The maximum atomic E-state index is 14.0. The molecular formula is C24H25F2N5O3. The molecule has 0 bridgehead atoms. The molecule has 1 saturated heterocycles. The average molecular weight is 469 g/mol. The molecule has 1 spiro atoms. The number of nitrogens with zero attached hydrogens (tertiary/aromatic N) is 1. The fraction of sp³-hybridized carbons (Fsp3) is 0.500. The number of carbonyl (C=O) groups excluding carboxylic acids is 3. The Hall–Kier alpha value is -3.48. The van der Waals surface area contributed by atoms with Gasteiger partial charge in [0, 0.05) is 16.8 Å². The third-order valence-corrected chi connectivity index (χ3v) is 7.06. The zero-order valence-electron chi connectivity index (χ0n) is 18.4. The number of benzene rings is 1. The van der Waals surface area contributed by atoms with Crippen molar-refractivity contribution in [1.82, 2.24) is 20.9 Å². The van der Waals surface area contributed by atoms with Crippen molar-refractivity contribution in [2.75, 3.05) is 0 Å². The highest BCUT2D eigenvalue weighted by molar-refractivity contribution is 6.00. The maximum absolute atomic E-state index is 14.0. The van der Waals surface area contributed by atoms with E-state index in [1.54, 1.807) is 0 Å². The molecule has 3 unspecified atom stereocenters. The molecule has 4 N–H and O–H groups in total. The number of hydrogen-bond acceptors (Lipinski definition) is 4. The first-order valence-electron chi connectivity index (χ1n) is 11.6. The smallest absolute Gasteiger partial charge is 0.268 e. The minimum Gasteiger partial charge on any atom is -0.350 e. The van der Waals surface area contributed by atoms with Crippen LogP contribution in [0, 0.1) is 34.8 Å². The van der Waals surface area contributed by atoms with E-state index in [9.17, 15) is 28.4 Å². The number of fused-ring (bicyclic) bond motifs is 1. The van der Waals surface area contributed by atoms with Crippen molar-refractivity contribution in [2.24, 2.45) is 11.8 Å². The second kappa shape index (κ2) is 8.38. The Morgan fingerprint density at radius 3 is 2.62 bits per heavy atom. The normalized spacial score (nSPS) is 22.1. The standard InChI is InChI=1S/C24H25F2N5O3/c25-16-4-3-13-9-18(29-20(13)19(16)26)23(34)30-17(7-12-1-2-12)22(33)28-15(11-27)8-14-10-24(5-6-24)31-21(14)32/h3-4,9,12,14-15,17,29H,1-2,5-8,10H2,(H,28,33)(H,30,34)(H,31,32). The molecule has 3 aliphatic rings. The molecule has 1 aliphatic heterocycles. The van der Waals surface area contributed by atoms with Crippen molar-refractivity contribution in [1.29, 1.82) is 5.26 Å². The molecule has 2 saturated carbocycles. The Labute approximate surface area is 194 Å². The summed E-state index contributed by atoms with van der Waals surface area (Å²) in [4.78, 5) is 40.7. The summed E-state index contributed by atoms with van der Waals surface area (Å²) in [6.07, 6.45) is 5.07. The first kappa shape index (κ1) is 22.3. The Morgan fingerprint density at radius 2 is 1.97 bits per heavy atom. The van der Waals surface area contributed by atoms with Gasteiger partial charge >= 0.3 is 0 Å². The summed E-state index contributed by atoms with van der Waals surface area (Å²) in [6, 6.07) is 4.04. The molecule has 10 heteroatoms. The van der Waals surface area contributed by atoms with Crippen molar-refractivity contribution in [3.63, 3.8) is 0 Å². The number of nitrogens with one attached hydrogen (secondary N) is 4. The molecular weight excluding hydrogens is 444 g/mol. The van der Waals surface area contributed by atoms with Crippen LogP contribution in [0.3, 0.4) is 0 Å². The van der Waals surface area contributed by atoms with Crippen LogP contribution in [-0.4, -0.2) is 40.3 Å². The molecule has 8 nitrogen and oxygen atoms in total. The Balaban J connectivity index is 1.26. The number of rotatable bonds is 8. The summed E-state index contributed by atoms with van der Waals surface area (Å²) in [6.45, 7) is 0. The number of halogens is 2. The van der Waals surface area contributed by atoms with Crippen LogP contribution >= 0.6 is 0 Å². The zero-order valence-corrected chi connectivity index (χ0v) is 18.4. The van der Waals surface area contributed by atoms with E-state index in [1.165, 1.54) is 12.1 Å². The van der Waals surface area contributed by atoms with E-state index in [0.29, 0.717) is 24.1 Å². The van der Waals surface area contributed by atoms with Crippen LogP contribution in [0.2, 0.25) is 0 Å². The molecule has 178 valence electrons. The van der Waals surface area contributed by atoms with E-state index >= 15 is 0 Å². The van der Waals surface area contributed by atoms with Gasteiger partial charge in [-0.15, -0.1) is 0 Å². The molecule has 3 atom stereocenters. The summed E-state index contributed by atoms with van der Waals surface area (Å²) in [5.74, 6) is -3.36. The number of aromatic nitrogens is 1. The monoisotopic (exact) mass is 469 g/mol. The van der Waals surface area contributed by atoms with Gasteiger partial charge in [-0.1, -0.05) is 12.8 Å². The molecule has 2 aliphatic carbocycles. The quantitative estimate of drug-likeness (QED) is 0.474. The van der Waals surface area contributed by atoms with Crippen LogP contribution < -0.4 is 16.0 Å². The fourth-order valence-corrected chi connectivity index (χ4v) is 4.77. The van der Waals surface area contributed by atoms with Gasteiger partial charge in [-0.05, 0) is 56.2 Å². The highest BCUT2D eigenvalue weighted by atomic mass is 19.2. The number of aromatic amines is 1. The van der Waals surface area contributed by atoms with E-state index in [-0.39, 0.29) is 35.0 Å². The number of amides is 3. The largest absolute Gasteiger partial charge is 0.350 e. The predicted octanol–water partition coefficient (Wildman–Crippen LogP) is 2.41. The highest BCUT2D eigenvalue weighted by Crippen LogP contribution is 2.46. The lowest BCUT2D eigenvalue weighted by Gasteiger charge is -2.21. The Bertz CT molecular complexity index is 1210. The third kappa shape index (κ3) is 4.47. The van der Waals surface area contributed by atoms with Crippen molar-refractivity contribution in [3.8, 4) is 6.07 Å². The topological polar surface area (TPSA) is 127 Å². The lowest BCUT2D eigenvalue weighted by Crippen LogP contribution is -2.50. The van der Waals surface area contributed by atoms with E-state index in [4.69, 9.17) is 0 Å². The molecule has 34 heavy (non-hydrogen) atoms. The van der Waals surface area contributed by atoms with Crippen molar-refractivity contribution in [3.05, 3.63) is 35.5 Å². The molecule has 3 amide bonds. The summed E-state index contributed by atoms with van der Waals surface area (Å²) >= 11 is 0. The van der Waals surface area contributed by atoms with Crippen LogP contribution in [0.1, 0.15) is 55.4 Å². The van der Waals surface area contributed by atoms with Gasteiger partial charge in [-0.25, -0.2) is 8.78 Å². The predicted molar refractivity (Wildman–Crippen MR) is 117 cm³/mol. The second-order valence-electron chi connectivity index (χ2n) is 9.81. The first-order valence-corrected chi connectivity index (χ1v) is 11.6. The second-order valence-corrected chi connectivity index (χ2v) is 9.81. The summed E-state index contributed by atoms with van der Waals surface area (Å²) in [5.41, 5.74) is -0.237. The van der Waals surface area contributed by atoms with Crippen LogP contribution in [-0.2, 0) is 9.59 Å². The number of hydrogen-bond donors (Lipinski definition) is 4. The maximum Gasteiger partial charge on any atom is 0.268 e. The van der Waals surface area contributed by atoms with E-state index in [2.05, 4.69) is 27.0 Å². The third-order valence-electron chi connectivity index (χ3n) is 7.06. The zero-order chi connectivity index (χ0) is 24.0. The van der Waals surface area contributed by atoms with Crippen LogP contribution in [0.15, 0.2) is 18.2 Å². The van der Waals surface area contributed by atoms with Crippen molar-refractivity contribution in [2.45, 2.75) is 62.6 Å². The fourth-order valence-electron chi connectivity index (χ4n) is 4.77. The highest BCUT2D eigenvalue weighted by Gasteiger charge is 2.52.